The maximum Gasteiger partial charge on any atom is 0.213 e. The van der Waals surface area contributed by atoms with Crippen molar-refractivity contribution in [3.63, 3.8) is 0 Å². The Morgan fingerprint density at radius 3 is 2.67 bits per heavy atom. The van der Waals surface area contributed by atoms with Gasteiger partial charge in [-0.15, -0.1) is 0 Å². The molecule has 0 amide bonds. The van der Waals surface area contributed by atoms with Crippen LogP contribution in [0.2, 0.25) is 0 Å². The van der Waals surface area contributed by atoms with Crippen LogP contribution in [0.15, 0.2) is 58.6 Å². The van der Waals surface area contributed by atoms with Crippen molar-refractivity contribution in [2.45, 2.75) is 48.9 Å². The van der Waals surface area contributed by atoms with Crippen LogP contribution in [0, 0.1) is 17.7 Å². The molecule has 0 bridgehead atoms. The number of fused-ring (bicyclic) bond motifs is 4. The maximum absolute atomic E-state index is 15.7. The first-order valence-electron chi connectivity index (χ1n) is 16.1. The van der Waals surface area contributed by atoms with Gasteiger partial charge < -0.3 is 30.2 Å². The SMILES string of the molecule is CNc1ccc(N2CCC[C@H](N(Cc3ccnc(OC)c3)Cc3c4n(c5cc(N6CC7C(N)[C@@H]7C6)c(F)cc5c3=O)CS4)C2)cn1. The summed E-state index contributed by atoms with van der Waals surface area (Å²) < 4.78 is 23.3. The van der Waals surface area contributed by atoms with Gasteiger partial charge in [0.1, 0.15) is 11.6 Å². The number of ether oxygens (including phenoxy) is 1. The molecule has 240 valence electrons. The van der Waals surface area contributed by atoms with E-state index in [1.807, 2.05) is 37.5 Å². The van der Waals surface area contributed by atoms with Gasteiger partial charge >= 0.3 is 0 Å². The molecule has 10 nitrogen and oxygen atoms in total. The number of nitrogens with two attached hydrogens (primary N) is 1. The molecule has 4 aliphatic rings. The highest BCUT2D eigenvalue weighted by atomic mass is 32.2. The van der Waals surface area contributed by atoms with E-state index >= 15 is 4.39 Å². The van der Waals surface area contributed by atoms with Crippen molar-refractivity contribution in [2.75, 3.05) is 55.5 Å². The summed E-state index contributed by atoms with van der Waals surface area (Å²) in [6.45, 7) is 4.41. The zero-order chi connectivity index (χ0) is 31.5. The number of hydrogen-bond donors (Lipinski definition) is 2. The smallest absolute Gasteiger partial charge is 0.213 e. The number of benzene rings is 1. The van der Waals surface area contributed by atoms with Gasteiger partial charge in [-0.05, 0) is 60.6 Å². The Morgan fingerprint density at radius 1 is 1.11 bits per heavy atom. The molecule has 1 aliphatic carbocycles. The minimum atomic E-state index is -0.334. The largest absolute Gasteiger partial charge is 0.481 e. The zero-order valence-corrected chi connectivity index (χ0v) is 27.0. The number of aromatic nitrogens is 3. The van der Waals surface area contributed by atoms with Crippen LogP contribution in [-0.2, 0) is 19.0 Å². The van der Waals surface area contributed by atoms with Crippen LogP contribution in [0.5, 0.6) is 5.88 Å². The summed E-state index contributed by atoms with van der Waals surface area (Å²) in [5.74, 6) is 2.71. The summed E-state index contributed by atoms with van der Waals surface area (Å²) >= 11 is 1.70. The van der Waals surface area contributed by atoms with Crippen molar-refractivity contribution in [3.8, 4) is 5.88 Å². The van der Waals surface area contributed by atoms with Gasteiger partial charge in [0.05, 0.1) is 41.1 Å². The van der Waals surface area contributed by atoms with E-state index in [1.165, 1.54) is 6.07 Å². The molecule has 0 spiro atoms. The summed E-state index contributed by atoms with van der Waals surface area (Å²) in [6.07, 6.45) is 5.71. The van der Waals surface area contributed by atoms with E-state index < -0.39 is 0 Å². The maximum atomic E-state index is 15.7. The molecule has 2 unspecified atom stereocenters. The van der Waals surface area contributed by atoms with E-state index in [0.717, 1.165) is 78.1 Å². The number of hydrogen-bond acceptors (Lipinski definition) is 10. The lowest BCUT2D eigenvalue weighted by atomic mass is 10.0. The van der Waals surface area contributed by atoms with Crippen molar-refractivity contribution < 1.29 is 9.13 Å². The molecule has 8 rings (SSSR count). The molecule has 3 N–H and O–H groups in total. The summed E-state index contributed by atoms with van der Waals surface area (Å²) in [5.41, 5.74) is 10.4. The molecule has 3 aliphatic heterocycles. The lowest BCUT2D eigenvalue weighted by Crippen LogP contribution is -2.48. The van der Waals surface area contributed by atoms with Gasteiger partial charge in [0.15, 0.2) is 5.43 Å². The number of methoxy groups -OCH3 is 1. The predicted molar refractivity (Wildman–Crippen MR) is 180 cm³/mol. The van der Waals surface area contributed by atoms with Gasteiger partial charge in [-0.3, -0.25) is 9.69 Å². The highest BCUT2D eigenvalue weighted by Gasteiger charge is 2.54. The van der Waals surface area contributed by atoms with Gasteiger partial charge in [0.2, 0.25) is 5.88 Å². The van der Waals surface area contributed by atoms with Crippen molar-refractivity contribution in [1.82, 2.24) is 19.4 Å². The molecule has 3 fully saturated rings. The third-order valence-electron chi connectivity index (χ3n) is 10.3. The Hall–Kier alpha value is -3.87. The number of halogens is 1. The lowest BCUT2D eigenvalue weighted by molar-refractivity contribution is 0.156. The molecule has 0 radical (unpaired) electrons. The summed E-state index contributed by atoms with van der Waals surface area (Å²) in [4.78, 5) is 30.0. The van der Waals surface area contributed by atoms with Crippen LogP contribution >= 0.6 is 11.8 Å². The van der Waals surface area contributed by atoms with Crippen LogP contribution in [0.3, 0.4) is 0 Å². The quantitative estimate of drug-likeness (QED) is 0.277. The molecule has 3 aromatic heterocycles. The number of piperidine rings is 2. The normalized spacial score (nSPS) is 23.3. The minimum absolute atomic E-state index is 0.0815. The van der Waals surface area contributed by atoms with Crippen LogP contribution in [0.25, 0.3) is 10.9 Å². The third-order valence-corrected chi connectivity index (χ3v) is 11.5. The summed E-state index contributed by atoms with van der Waals surface area (Å²) in [6, 6.07) is 11.9. The second-order valence-electron chi connectivity index (χ2n) is 13.0. The minimum Gasteiger partial charge on any atom is -0.481 e. The lowest BCUT2D eigenvalue weighted by Gasteiger charge is -2.41. The van der Waals surface area contributed by atoms with Gasteiger partial charge in [-0.25, -0.2) is 14.4 Å². The van der Waals surface area contributed by atoms with E-state index in [2.05, 4.69) is 40.6 Å². The summed E-state index contributed by atoms with van der Waals surface area (Å²) in [7, 11) is 3.49. The first-order chi connectivity index (χ1) is 22.4. The molecule has 1 saturated carbocycles. The Balaban J connectivity index is 1.13. The molecule has 4 aromatic rings. The topological polar surface area (TPSA) is 105 Å². The third kappa shape index (κ3) is 5.16. The van der Waals surface area contributed by atoms with Crippen molar-refractivity contribution in [2.24, 2.45) is 17.6 Å². The molecule has 12 heteroatoms. The average Bonchev–Trinajstić information content (AvgIpc) is 3.44. The first-order valence-corrected chi connectivity index (χ1v) is 17.0. The summed E-state index contributed by atoms with van der Waals surface area (Å²) in [5, 5.41) is 4.53. The van der Waals surface area contributed by atoms with E-state index in [1.54, 1.807) is 25.1 Å². The highest BCUT2D eigenvalue weighted by molar-refractivity contribution is 7.99. The fourth-order valence-corrected chi connectivity index (χ4v) is 8.57. The van der Waals surface area contributed by atoms with Gasteiger partial charge in [-0.1, -0.05) is 11.8 Å². The number of pyridine rings is 3. The van der Waals surface area contributed by atoms with E-state index in [0.29, 0.717) is 41.9 Å². The van der Waals surface area contributed by atoms with Gasteiger partial charge in [0, 0.05) is 81.6 Å². The number of nitrogens with one attached hydrogen (secondary N) is 1. The van der Waals surface area contributed by atoms with Crippen molar-refractivity contribution >= 4 is 39.9 Å². The Morgan fingerprint density at radius 2 is 1.96 bits per heavy atom. The van der Waals surface area contributed by atoms with Crippen LogP contribution < -0.4 is 31.0 Å². The first kappa shape index (κ1) is 29.5. The Bertz CT molecular complexity index is 1840. The molecular weight excluding hydrogens is 603 g/mol. The van der Waals surface area contributed by atoms with Crippen LogP contribution in [-0.4, -0.2) is 71.9 Å². The van der Waals surface area contributed by atoms with Crippen molar-refractivity contribution in [1.29, 1.82) is 0 Å². The fourth-order valence-electron chi connectivity index (χ4n) is 7.61. The average molecular weight is 643 g/mol. The zero-order valence-electron chi connectivity index (χ0n) is 26.2. The predicted octanol–water partition coefficient (Wildman–Crippen LogP) is 4.11. The van der Waals surface area contributed by atoms with E-state index in [9.17, 15) is 4.79 Å². The van der Waals surface area contributed by atoms with E-state index in [-0.39, 0.29) is 23.3 Å². The van der Waals surface area contributed by atoms with Crippen LogP contribution in [0.1, 0.15) is 24.0 Å². The number of anilines is 3. The second-order valence-corrected chi connectivity index (χ2v) is 13.9. The molecular formula is C34H39FN8O2S. The number of thioether (sulfide) groups is 1. The molecule has 1 aromatic carbocycles. The number of nitrogens with zero attached hydrogens (tertiary/aromatic N) is 6. The number of rotatable bonds is 9. The van der Waals surface area contributed by atoms with Crippen molar-refractivity contribution in [3.05, 3.63) is 76.0 Å². The van der Waals surface area contributed by atoms with Gasteiger partial charge in [0.25, 0.3) is 0 Å². The molecule has 46 heavy (non-hydrogen) atoms. The Labute approximate surface area is 271 Å². The standard InChI is InChI=1S/C34H39FN8O2S/c1-37-30-6-5-21(13-39-30)40-9-3-4-22(15-40)41(14-20-7-8-38-31(10-20)45-2)18-26-33(44)23-11-27(35)29(12-28(23)43-19-46-34(26)43)42-16-24-25(17-42)32(24)36/h5-8,10-13,22,24-25,32H,3-4,9,14-19,36H2,1-2H3,(H,37,39)/t22-,24+,25?,32?/m0/s1. The second kappa shape index (κ2) is 11.7. The monoisotopic (exact) mass is 642 g/mol. The Kier molecular flexibility index (Phi) is 7.53. The van der Waals surface area contributed by atoms with Crippen LogP contribution in [0.4, 0.5) is 21.6 Å². The fraction of sp³-hybridized carbons (Fsp3) is 0.441. The molecule has 6 heterocycles. The molecule has 4 atom stereocenters. The molecule has 2 saturated heterocycles. The van der Waals surface area contributed by atoms with Gasteiger partial charge in [-0.2, -0.15) is 0 Å². The van der Waals surface area contributed by atoms with E-state index in [4.69, 9.17) is 10.5 Å². The highest BCUT2D eigenvalue weighted by Crippen LogP contribution is 2.46.